The van der Waals surface area contributed by atoms with Gasteiger partial charge in [0.25, 0.3) is 0 Å². The molecule has 0 spiro atoms. The Hall–Kier alpha value is -3.07. The van der Waals surface area contributed by atoms with Crippen LogP contribution in [0.2, 0.25) is 0 Å². The lowest BCUT2D eigenvalue weighted by Crippen LogP contribution is -2.08. The Kier molecular flexibility index (Phi) is 2.29. The van der Waals surface area contributed by atoms with E-state index in [-0.39, 0.29) is 5.78 Å². The van der Waals surface area contributed by atoms with Crippen LogP contribution in [-0.4, -0.2) is 12.9 Å². The Morgan fingerprint density at radius 3 is 2.57 bits per heavy atom. The number of carbonyl (C=O) groups excluding carboxylic acids is 1. The lowest BCUT2D eigenvalue weighted by molar-refractivity contribution is 0.104. The number of methoxy groups -OCH3 is 1. The van der Waals surface area contributed by atoms with E-state index in [0.29, 0.717) is 16.9 Å². The lowest BCUT2D eigenvalue weighted by Gasteiger charge is -2.17. The molecule has 23 heavy (non-hydrogen) atoms. The first-order valence-electron chi connectivity index (χ1n) is 7.46. The number of hydrogen-bond acceptors (Lipinski definition) is 3. The van der Waals surface area contributed by atoms with Crippen molar-refractivity contribution in [1.29, 1.82) is 0 Å². The van der Waals surface area contributed by atoms with E-state index >= 15 is 0 Å². The molecule has 0 amide bonds. The van der Waals surface area contributed by atoms with E-state index in [9.17, 15) is 4.79 Å². The fraction of sp³-hybridized carbons (Fsp3) is 0.0500. The first-order valence-corrected chi connectivity index (χ1v) is 7.46. The topological polar surface area (TPSA) is 39.4 Å². The highest BCUT2D eigenvalue weighted by Crippen LogP contribution is 2.45. The highest BCUT2D eigenvalue weighted by Gasteiger charge is 2.31. The van der Waals surface area contributed by atoms with Gasteiger partial charge in [0.2, 0.25) is 0 Å². The third kappa shape index (κ3) is 1.46. The summed E-state index contributed by atoms with van der Waals surface area (Å²) in [6.45, 7) is 0. The molecule has 3 nitrogen and oxygen atoms in total. The van der Waals surface area contributed by atoms with Crippen molar-refractivity contribution in [1.82, 2.24) is 0 Å². The molecule has 0 atom stereocenters. The normalized spacial score (nSPS) is 12.7. The van der Waals surface area contributed by atoms with Gasteiger partial charge in [-0.1, -0.05) is 36.4 Å². The van der Waals surface area contributed by atoms with E-state index in [1.54, 1.807) is 7.11 Å². The number of ketones is 1. The van der Waals surface area contributed by atoms with Gasteiger partial charge in [-0.3, -0.25) is 4.79 Å². The molecule has 1 heterocycles. The maximum atomic E-state index is 13.1. The first kappa shape index (κ1) is 12.5. The van der Waals surface area contributed by atoms with Gasteiger partial charge in [0.1, 0.15) is 17.1 Å². The zero-order chi connectivity index (χ0) is 15.6. The molecule has 4 aromatic rings. The van der Waals surface area contributed by atoms with Crippen LogP contribution in [0.15, 0.2) is 59.0 Å². The SMILES string of the molecule is COc1ccc2c3c(cccc13)C(=O)c1c-2oc2ccccc12. The van der Waals surface area contributed by atoms with E-state index in [1.165, 1.54) is 0 Å². The van der Waals surface area contributed by atoms with E-state index < -0.39 is 0 Å². The molecule has 0 unspecified atom stereocenters. The summed E-state index contributed by atoms with van der Waals surface area (Å²) in [5.74, 6) is 1.43. The van der Waals surface area contributed by atoms with Crippen LogP contribution in [0.1, 0.15) is 15.9 Å². The van der Waals surface area contributed by atoms with Crippen molar-refractivity contribution >= 4 is 27.5 Å². The van der Waals surface area contributed by atoms with Crippen LogP contribution < -0.4 is 4.74 Å². The summed E-state index contributed by atoms with van der Waals surface area (Å²) < 4.78 is 11.5. The van der Waals surface area contributed by atoms with Crippen molar-refractivity contribution in [2.24, 2.45) is 0 Å². The van der Waals surface area contributed by atoms with Crippen LogP contribution in [0.25, 0.3) is 33.1 Å². The maximum absolute atomic E-state index is 13.1. The molecule has 0 saturated heterocycles. The maximum Gasteiger partial charge on any atom is 0.198 e. The summed E-state index contributed by atoms with van der Waals surface area (Å²) in [5.41, 5.74) is 3.05. The number of furan rings is 1. The summed E-state index contributed by atoms with van der Waals surface area (Å²) in [7, 11) is 1.64. The van der Waals surface area contributed by atoms with Gasteiger partial charge in [0, 0.05) is 27.3 Å². The average Bonchev–Trinajstić information content (AvgIpc) is 2.99. The van der Waals surface area contributed by atoms with E-state index in [1.807, 2.05) is 54.6 Å². The second-order valence-electron chi connectivity index (χ2n) is 5.67. The van der Waals surface area contributed by atoms with Crippen LogP contribution in [0, 0.1) is 0 Å². The molecule has 3 aromatic carbocycles. The van der Waals surface area contributed by atoms with Crippen LogP contribution in [0.4, 0.5) is 0 Å². The molecule has 0 radical (unpaired) electrons. The van der Waals surface area contributed by atoms with Crippen molar-refractivity contribution in [2.45, 2.75) is 0 Å². The largest absolute Gasteiger partial charge is 0.496 e. The molecule has 1 aromatic heterocycles. The Labute approximate surface area is 132 Å². The second kappa shape index (κ2) is 4.23. The summed E-state index contributed by atoms with van der Waals surface area (Å²) in [5, 5.41) is 2.70. The van der Waals surface area contributed by atoms with Crippen LogP contribution in [0.3, 0.4) is 0 Å². The van der Waals surface area contributed by atoms with Gasteiger partial charge in [-0.15, -0.1) is 0 Å². The standard InChI is InChI=1S/C20H12O3/c1-22-15-10-9-14-17-11(15)6-4-7-13(17)19(21)18-12-5-2-3-8-16(12)23-20(14)18/h2-10H,1H3. The van der Waals surface area contributed by atoms with Gasteiger partial charge in [-0.25, -0.2) is 0 Å². The van der Waals surface area contributed by atoms with Gasteiger partial charge in [-0.2, -0.15) is 0 Å². The predicted octanol–water partition coefficient (Wildman–Crippen LogP) is 4.81. The quantitative estimate of drug-likeness (QED) is 0.446. The van der Waals surface area contributed by atoms with Crippen molar-refractivity contribution in [2.75, 3.05) is 7.11 Å². The highest BCUT2D eigenvalue weighted by atomic mass is 16.5. The zero-order valence-electron chi connectivity index (χ0n) is 12.4. The zero-order valence-corrected chi connectivity index (χ0v) is 12.4. The number of carbonyl (C=O) groups is 1. The molecular formula is C20H12O3. The number of para-hydroxylation sites is 1. The minimum atomic E-state index is 0.0105. The molecule has 0 saturated carbocycles. The molecule has 3 heteroatoms. The minimum Gasteiger partial charge on any atom is -0.496 e. The van der Waals surface area contributed by atoms with Crippen LogP contribution in [-0.2, 0) is 0 Å². The molecule has 0 aliphatic heterocycles. The highest BCUT2D eigenvalue weighted by molar-refractivity contribution is 6.29. The lowest BCUT2D eigenvalue weighted by atomic mass is 9.85. The van der Waals surface area contributed by atoms with Gasteiger partial charge in [0.05, 0.1) is 12.7 Å². The van der Waals surface area contributed by atoms with Crippen molar-refractivity contribution < 1.29 is 13.9 Å². The summed E-state index contributed by atoms with van der Waals surface area (Å²) >= 11 is 0. The number of benzene rings is 3. The van der Waals surface area contributed by atoms with E-state index in [0.717, 1.165) is 33.1 Å². The van der Waals surface area contributed by atoms with E-state index in [4.69, 9.17) is 9.15 Å². The van der Waals surface area contributed by atoms with Crippen molar-refractivity contribution in [3.8, 4) is 17.1 Å². The molecule has 1 aliphatic rings. The average molecular weight is 300 g/mol. The molecule has 0 N–H and O–H groups in total. The molecule has 0 fully saturated rings. The smallest absolute Gasteiger partial charge is 0.198 e. The minimum absolute atomic E-state index is 0.0105. The fourth-order valence-electron chi connectivity index (χ4n) is 3.53. The van der Waals surface area contributed by atoms with Gasteiger partial charge < -0.3 is 9.15 Å². The molecule has 110 valence electrons. The Balaban J connectivity index is 2.01. The van der Waals surface area contributed by atoms with E-state index in [2.05, 4.69) is 0 Å². The molecule has 1 aliphatic carbocycles. The van der Waals surface area contributed by atoms with Gasteiger partial charge >= 0.3 is 0 Å². The Morgan fingerprint density at radius 2 is 1.70 bits per heavy atom. The number of fused-ring (bicyclic) bond motifs is 4. The summed E-state index contributed by atoms with van der Waals surface area (Å²) in [6.07, 6.45) is 0. The predicted molar refractivity (Wildman–Crippen MR) is 89.1 cm³/mol. The fourth-order valence-corrected chi connectivity index (χ4v) is 3.53. The van der Waals surface area contributed by atoms with Gasteiger partial charge in [-0.05, 0) is 18.2 Å². The third-order valence-electron chi connectivity index (χ3n) is 4.53. The summed E-state index contributed by atoms with van der Waals surface area (Å²) in [4.78, 5) is 13.1. The number of hydrogen-bond donors (Lipinski definition) is 0. The molecular weight excluding hydrogens is 288 g/mol. The first-order chi connectivity index (χ1) is 11.3. The number of rotatable bonds is 1. The summed E-state index contributed by atoms with van der Waals surface area (Å²) in [6, 6.07) is 17.3. The van der Waals surface area contributed by atoms with Crippen molar-refractivity contribution in [3.63, 3.8) is 0 Å². The Bertz CT molecular complexity index is 1120. The molecule has 5 rings (SSSR count). The Morgan fingerprint density at radius 1 is 0.870 bits per heavy atom. The third-order valence-corrected chi connectivity index (χ3v) is 4.53. The number of ether oxygens (including phenoxy) is 1. The van der Waals surface area contributed by atoms with Crippen LogP contribution >= 0.6 is 0 Å². The second-order valence-corrected chi connectivity index (χ2v) is 5.67. The molecule has 0 bridgehead atoms. The van der Waals surface area contributed by atoms with Crippen LogP contribution in [0.5, 0.6) is 5.75 Å². The van der Waals surface area contributed by atoms with Crippen molar-refractivity contribution in [3.05, 3.63) is 65.7 Å². The van der Waals surface area contributed by atoms with Gasteiger partial charge in [0.15, 0.2) is 5.78 Å². The monoisotopic (exact) mass is 300 g/mol.